The van der Waals surface area contributed by atoms with Gasteiger partial charge in [0.2, 0.25) is 0 Å². The molecule has 11 heavy (non-hydrogen) atoms. The number of rotatable bonds is 7. The van der Waals surface area contributed by atoms with Crippen molar-refractivity contribution in [3.8, 4) is 0 Å². The molecule has 0 aliphatic rings. The highest BCUT2D eigenvalue weighted by atomic mass is 35.5. The predicted octanol–water partition coefficient (Wildman–Crippen LogP) is 2.02. The van der Waals surface area contributed by atoms with Crippen LogP contribution in [0.15, 0.2) is 0 Å². The third-order valence-electron chi connectivity index (χ3n) is 1.19. The lowest BCUT2D eigenvalue weighted by Gasteiger charge is -2.02. The van der Waals surface area contributed by atoms with Crippen LogP contribution in [0.5, 0.6) is 0 Å². The Kier molecular flexibility index (Phi) is 10.1. The van der Waals surface area contributed by atoms with Crippen molar-refractivity contribution in [2.24, 2.45) is 0 Å². The monoisotopic (exact) mass is 232 g/mol. The zero-order chi connectivity index (χ0) is 8.53. The normalized spacial score (nSPS) is 12.0. The molecule has 0 saturated carbocycles. The minimum absolute atomic E-state index is 0.354. The number of thiol groups is 1. The fraction of sp³-hybridized carbons (Fsp3) is 1.00. The van der Waals surface area contributed by atoms with E-state index in [2.05, 4.69) is 12.6 Å². The van der Waals surface area contributed by atoms with Crippen molar-refractivity contribution in [3.05, 3.63) is 0 Å². The summed E-state index contributed by atoms with van der Waals surface area (Å²) in [6.45, 7) is 0.496. The van der Waals surface area contributed by atoms with E-state index in [1.807, 2.05) is 0 Å². The summed E-state index contributed by atoms with van der Waals surface area (Å²) in [5.74, 6) is 0.974. The molecule has 0 aliphatic carbocycles. The second-order valence-electron chi connectivity index (χ2n) is 2.25. The molecule has 0 saturated heterocycles. The zero-order valence-corrected chi connectivity index (χ0v) is 10.3. The first-order valence-electron chi connectivity index (χ1n) is 3.74. The Hall–Kier alpha value is 1.11. The number of unbranched alkanes of at least 4 members (excludes halogenated alkanes) is 1. The van der Waals surface area contributed by atoms with E-state index in [1.165, 1.54) is 18.9 Å². The highest BCUT2D eigenvalue weighted by molar-refractivity contribution is 7.80. The molecule has 0 aromatic heterocycles. The van der Waals surface area contributed by atoms with Crippen LogP contribution in [0.2, 0.25) is 6.04 Å². The van der Waals surface area contributed by atoms with Gasteiger partial charge in [0.25, 0.3) is 0 Å². The van der Waals surface area contributed by atoms with Crippen LogP contribution < -0.4 is 0 Å². The van der Waals surface area contributed by atoms with Crippen molar-refractivity contribution in [2.45, 2.75) is 23.7 Å². The van der Waals surface area contributed by atoms with Crippen LogP contribution in [0.3, 0.4) is 0 Å². The van der Waals surface area contributed by atoms with Crippen LogP contribution >= 0.6 is 35.8 Å². The van der Waals surface area contributed by atoms with Crippen LogP contribution in [-0.2, 0) is 4.43 Å². The van der Waals surface area contributed by atoms with Crippen LogP contribution in [0.4, 0.5) is 0 Å². The molecule has 0 aromatic carbocycles. The minimum Gasteiger partial charge on any atom is -0.421 e. The number of halogens is 2. The third kappa shape index (κ3) is 11.1. The molecule has 0 unspecified atom stereocenters. The van der Waals surface area contributed by atoms with Crippen molar-refractivity contribution < 1.29 is 4.43 Å². The molecule has 0 bridgehead atoms. The topological polar surface area (TPSA) is 9.23 Å². The van der Waals surface area contributed by atoms with Gasteiger partial charge in [-0.1, -0.05) is 6.42 Å². The molecule has 0 radical (unpaired) electrons. The number of hydrogen-bond acceptors (Lipinski definition) is 2. The predicted molar refractivity (Wildman–Crippen MR) is 57.9 cm³/mol. The number of hydrogen-bond donors (Lipinski definition) is 1. The molecule has 0 fully saturated rings. The first-order chi connectivity index (χ1) is 5.27. The lowest BCUT2D eigenvalue weighted by Crippen LogP contribution is -2.05. The second kappa shape index (κ2) is 9.20. The summed E-state index contributed by atoms with van der Waals surface area (Å²) in [4.78, 5) is -0.354. The van der Waals surface area contributed by atoms with Gasteiger partial charge in [-0.15, -0.1) is 23.2 Å². The highest BCUT2D eigenvalue weighted by Gasteiger charge is 1.97. The third-order valence-corrected chi connectivity index (χ3v) is 3.07. The Morgan fingerprint density at radius 2 is 2.09 bits per heavy atom. The smallest absolute Gasteiger partial charge is 0.161 e. The second-order valence-corrected chi connectivity index (χ2v) is 5.50. The largest absolute Gasteiger partial charge is 0.421 e. The molecule has 1 nitrogen and oxygen atoms in total. The van der Waals surface area contributed by atoms with E-state index >= 15 is 0 Å². The van der Waals surface area contributed by atoms with E-state index in [4.69, 9.17) is 27.6 Å². The Morgan fingerprint density at radius 1 is 1.36 bits per heavy atom. The molecule has 0 amide bonds. The maximum Gasteiger partial charge on any atom is 0.161 e. The maximum absolute atomic E-state index is 5.47. The lowest BCUT2D eigenvalue weighted by atomic mass is 10.4. The van der Waals surface area contributed by atoms with Gasteiger partial charge in [-0.05, 0) is 18.2 Å². The lowest BCUT2D eigenvalue weighted by molar-refractivity contribution is 0.353. The van der Waals surface area contributed by atoms with Crippen LogP contribution in [0, 0.1) is 0 Å². The van der Waals surface area contributed by atoms with E-state index < -0.39 is 0 Å². The molecule has 0 spiro atoms. The average Bonchev–Trinajstić information content (AvgIpc) is 1.96. The van der Waals surface area contributed by atoms with Crippen LogP contribution in [0.1, 0.15) is 12.8 Å². The minimum atomic E-state index is -0.355. The molecule has 0 heterocycles. The SMILES string of the molecule is SCCCC[SiH2]OCC(Cl)Cl. The summed E-state index contributed by atoms with van der Waals surface area (Å²) >= 11 is 15.0. The zero-order valence-electron chi connectivity index (χ0n) is 6.43. The molecule has 5 heteroatoms. The summed E-state index contributed by atoms with van der Waals surface area (Å²) in [7, 11) is -0.355. The molecule has 0 N–H and O–H groups in total. The van der Waals surface area contributed by atoms with Crippen molar-refractivity contribution in [1.82, 2.24) is 0 Å². The van der Waals surface area contributed by atoms with Crippen molar-refractivity contribution >= 4 is 45.6 Å². The van der Waals surface area contributed by atoms with Crippen molar-refractivity contribution in [1.29, 1.82) is 0 Å². The van der Waals surface area contributed by atoms with Gasteiger partial charge in [0.15, 0.2) is 9.76 Å². The Labute approximate surface area is 86.1 Å². The van der Waals surface area contributed by atoms with Gasteiger partial charge in [0, 0.05) is 0 Å². The average molecular weight is 233 g/mol. The van der Waals surface area contributed by atoms with Crippen molar-refractivity contribution in [3.63, 3.8) is 0 Å². The quantitative estimate of drug-likeness (QED) is 0.306. The van der Waals surface area contributed by atoms with Gasteiger partial charge in [0.05, 0.1) is 6.61 Å². The molecule has 0 aromatic rings. The van der Waals surface area contributed by atoms with Gasteiger partial charge >= 0.3 is 0 Å². The maximum atomic E-state index is 5.47. The van der Waals surface area contributed by atoms with Crippen LogP contribution in [-0.4, -0.2) is 27.0 Å². The van der Waals surface area contributed by atoms with Gasteiger partial charge in [-0.25, -0.2) is 0 Å². The Balaban J connectivity index is 2.80. The summed E-state index contributed by atoms with van der Waals surface area (Å²) in [5.41, 5.74) is 0. The van der Waals surface area contributed by atoms with Gasteiger partial charge in [0.1, 0.15) is 4.84 Å². The standard InChI is InChI=1S/C6H14Cl2OSSi/c7-6(8)5-9-11-4-2-1-3-10/h6,10H,1-5,11H2. The molecule has 0 atom stereocenters. The van der Waals surface area contributed by atoms with E-state index in [-0.39, 0.29) is 14.6 Å². The van der Waals surface area contributed by atoms with Crippen molar-refractivity contribution in [2.75, 3.05) is 12.4 Å². The van der Waals surface area contributed by atoms with Crippen LogP contribution in [0.25, 0.3) is 0 Å². The Morgan fingerprint density at radius 3 is 2.64 bits per heavy atom. The van der Waals surface area contributed by atoms with Gasteiger partial charge in [-0.3, -0.25) is 0 Å². The summed E-state index contributed by atoms with van der Waals surface area (Å²) in [6, 6.07) is 1.21. The molecule has 68 valence electrons. The number of alkyl halides is 2. The highest BCUT2D eigenvalue weighted by Crippen LogP contribution is 2.02. The van der Waals surface area contributed by atoms with E-state index in [0.717, 1.165) is 5.75 Å². The van der Waals surface area contributed by atoms with E-state index in [1.54, 1.807) is 0 Å². The molecular weight excluding hydrogens is 219 g/mol. The Bertz CT molecular complexity index is 85.0. The van der Waals surface area contributed by atoms with Gasteiger partial charge in [-0.2, -0.15) is 12.6 Å². The molecule has 0 rings (SSSR count). The first kappa shape index (κ1) is 12.1. The van der Waals surface area contributed by atoms with E-state index in [9.17, 15) is 0 Å². The molecular formula is C6H14Cl2OSSi. The fourth-order valence-corrected chi connectivity index (χ4v) is 2.53. The van der Waals surface area contributed by atoms with E-state index in [0.29, 0.717) is 6.61 Å². The summed E-state index contributed by atoms with van der Waals surface area (Å²) in [5, 5.41) is 0. The first-order valence-corrected chi connectivity index (χ1v) is 6.82. The fourth-order valence-electron chi connectivity index (χ4n) is 0.665. The molecule has 0 aliphatic heterocycles. The van der Waals surface area contributed by atoms with Gasteiger partial charge < -0.3 is 4.43 Å². The summed E-state index contributed by atoms with van der Waals surface area (Å²) in [6.07, 6.45) is 2.41. The summed E-state index contributed by atoms with van der Waals surface area (Å²) < 4.78 is 5.29.